The van der Waals surface area contributed by atoms with Crippen molar-refractivity contribution in [3.63, 3.8) is 0 Å². The molecule has 0 aliphatic rings. The summed E-state index contributed by atoms with van der Waals surface area (Å²) < 4.78 is 7.65. The predicted octanol–water partition coefficient (Wildman–Crippen LogP) is 5.14. The lowest BCUT2D eigenvalue weighted by Gasteiger charge is -2.10. The summed E-state index contributed by atoms with van der Waals surface area (Å²) in [5.41, 5.74) is 7.13. The van der Waals surface area contributed by atoms with Crippen molar-refractivity contribution < 1.29 is 4.74 Å². The fraction of sp³-hybridized carbons (Fsp3) is 0.130. The zero-order valence-electron chi connectivity index (χ0n) is 16.3. The van der Waals surface area contributed by atoms with Gasteiger partial charge in [-0.2, -0.15) is 5.10 Å². The number of hydrogen-bond donors (Lipinski definition) is 2. The Morgan fingerprint density at radius 1 is 1.03 bits per heavy atom. The van der Waals surface area contributed by atoms with E-state index < -0.39 is 0 Å². The van der Waals surface area contributed by atoms with Crippen LogP contribution in [0.15, 0.2) is 71.8 Å². The monoisotopic (exact) mass is 402 g/mol. The third kappa shape index (κ3) is 3.79. The molecular weight excluding hydrogens is 380 g/mol. The number of ether oxygens (including phenoxy) is 1. The Balaban J connectivity index is 1.53. The molecule has 0 atom stereocenters. The maximum atomic E-state index is 5.32. The van der Waals surface area contributed by atoms with E-state index in [2.05, 4.69) is 69.8 Å². The second-order valence-corrected chi connectivity index (χ2v) is 6.97. The molecule has 0 saturated heterocycles. The number of fused-ring (bicyclic) bond motifs is 3. The standard InChI is InChI=1S/C23H22N4OS/c1-3-27-20-10-6-4-8-17(20)18-14-16(12-13-21(18)27)15-24-26-23(29)25-19-9-5-7-11-22(19)28-2/h4-15H,3H2,1-2H3,(H2,25,26,29)/b24-15-. The number of aromatic nitrogens is 1. The molecule has 0 amide bonds. The van der Waals surface area contributed by atoms with E-state index in [4.69, 9.17) is 17.0 Å². The predicted molar refractivity (Wildman–Crippen MR) is 125 cm³/mol. The number of nitrogens with one attached hydrogen (secondary N) is 2. The number of methoxy groups -OCH3 is 1. The summed E-state index contributed by atoms with van der Waals surface area (Å²) in [6.45, 7) is 3.10. The highest BCUT2D eigenvalue weighted by atomic mass is 32.1. The highest BCUT2D eigenvalue weighted by Gasteiger charge is 2.09. The fourth-order valence-electron chi connectivity index (χ4n) is 3.56. The van der Waals surface area contributed by atoms with Gasteiger partial charge in [-0.25, -0.2) is 0 Å². The van der Waals surface area contributed by atoms with Gasteiger partial charge in [-0.05, 0) is 55.0 Å². The minimum atomic E-state index is 0.398. The molecule has 0 fully saturated rings. The van der Waals surface area contributed by atoms with Crippen molar-refractivity contribution in [2.45, 2.75) is 13.5 Å². The van der Waals surface area contributed by atoms with Gasteiger partial charge in [0, 0.05) is 28.4 Å². The van der Waals surface area contributed by atoms with Crippen LogP contribution in [0, 0.1) is 0 Å². The van der Waals surface area contributed by atoms with Gasteiger partial charge in [0.1, 0.15) is 5.75 Å². The molecule has 5 nitrogen and oxygen atoms in total. The van der Waals surface area contributed by atoms with Crippen LogP contribution < -0.4 is 15.5 Å². The summed E-state index contributed by atoms with van der Waals surface area (Å²) in [7, 11) is 1.63. The molecule has 1 aromatic heterocycles. The summed E-state index contributed by atoms with van der Waals surface area (Å²) >= 11 is 5.32. The Kier molecular flexibility index (Phi) is 5.44. The number of rotatable bonds is 5. The van der Waals surface area contributed by atoms with Crippen molar-refractivity contribution in [1.82, 2.24) is 9.99 Å². The van der Waals surface area contributed by atoms with Crippen LogP contribution in [-0.4, -0.2) is 23.0 Å². The molecule has 0 spiro atoms. The molecule has 29 heavy (non-hydrogen) atoms. The van der Waals surface area contributed by atoms with Crippen molar-refractivity contribution in [2.75, 3.05) is 12.4 Å². The normalized spacial score (nSPS) is 11.2. The van der Waals surface area contributed by atoms with Gasteiger partial charge in [0.05, 0.1) is 19.0 Å². The molecule has 0 bridgehead atoms. The fourth-order valence-corrected chi connectivity index (χ4v) is 3.72. The number of anilines is 1. The SMILES string of the molecule is CCn1c2ccccc2c2cc(/C=N\NC(=S)Nc3ccccc3OC)ccc21. The van der Waals surface area contributed by atoms with Crippen molar-refractivity contribution in [2.24, 2.45) is 5.10 Å². The Morgan fingerprint density at radius 3 is 2.62 bits per heavy atom. The van der Waals surface area contributed by atoms with Gasteiger partial charge in [-0.15, -0.1) is 0 Å². The van der Waals surface area contributed by atoms with E-state index >= 15 is 0 Å². The molecule has 6 heteroatoms. The lowest BCUT2D eigenvalue weighted by molar-refractivity contribution is 0.417. The van der Waals surface area contributed by atoms with E-state index in [0.717, 1.165) is 23.5 Å². The van der Waals surface area contributed by atoms with E-state index in [1.807, 2.05) is 24.3 Å². The molecule has 2 N–H and O–H groups in total. The van der Waals surface area contributed by atoms with Crippen molar-refractivity contribution in [1.29, 1.82) is 0 Å². The quantitative estimate of drug-likeness (QED) is 0.276. The molecule has 0 aliphatic heterocycles. The molecule has 0 aliphatic carbocycles. The number of aryl methyl sites for hydroxylation is 1. The van der Waals surface area contributed by atoms with Gasteiger partial charge in [0.25, 0.3) is 0 Å². The average molecular weight is 403 g/mol. The molecule has 4 rings (SSSR count). The molecule has 4 aromatic rings. The molecule has 3 aromatic carbocycles. The van der Waals surface area contributed by atoms with Crippen LogP contribution in [0.4, 0.5) is 5.69 Å². The van der Waals surface area contributed by atoms with E-state index in [-0.39, 0.29) is 0 Å². The van der Waals surface area contributed by atoms with Crippen molar-refractivity contribution in [3.05, 3.63) is 72.3 Å². The number of nitrogens with zero attached hydrogens (tertiary/aromatic N) is 2. The summed E-state index contributed by atoms with van der Waals surface area (Å²) in [5.74, 6) is 0.721. The van der Waals surface area contributed by atoms with Gasteiger partial charge in [0.2, 0.25) is 0 Å². The average Bonchev–Trinajstić information content (AvgIpc) is 3.07. The summed E-state index contributed by atoms with van der Waals surface area (Å²) in [6.07, 6.45) is 1.77. The summed E-state index contributed by atoms with van der Waals surface area (Å²) in [6, 6.07) is 22.4. The van der Waals surface area contributed by atoms with Gasteiger partial charge in [-0.3, -0.25) is 5.43 Å². The lowest BCUT2D eigenvalue weighted by atomic mass is 10.1. The summed E-state index contributed by atoms with van der Waals surface area (Å²) in [4.78, 5) is 0. The minimum absolute atomic E-state index is 0.398. The number of para-hydroxylation sites is 3. The Bertz CT molecular complexity index is 1210. The molecular formula is C23H22N4OS. The first-order chi connectivity index (χ1) is 14.2. The number of hydrazone groups is 1. The second kappa shape index (κ2) is 8.32. The molecule has 0 unspecified atom stereocenters. The van der Waals surface area contributed by atoms with Crippen LogP contribution in [-0.2, 0) is 6.54 Å². The van der Waals surface area contributed by atoms with E-state index in [1.165, 1.54) is 21.8 Å². The highest BCUT2D eigenvalue weighted by Crippen LogP contribution is 2.29. The zero-order chi connectivity index (χ0) is 20.2. The minimum Gasteiger partial charge on any atom is -0.495 e. The topological polar surface area (TPSA) is 50.6 Å². The van der Waals surface area contributed by atoms with E-state index in [1.54, 1.807) is 13.3 Å². The van der Waals surface area contributed by atoms with Crippen LogP contribution >= 0.6 is 12.2 Å². The number of thiocarbonyl (C=S) groups is 1. The van der Waals surface area contributed by atoms with E-state index in [9.17, 15) is 0 Å². The maximum Gasteiger partial charge on any atom is 0.191 e. The first-order valence-corrected chi connectivity index (χ1v) is 9.86. The highest BCUT2D eigenvalue weighted by molar-refractivity contribution is 7.80. The first kappa shape index (κ1) is 19.0. The van der Waals surface area contributed by atoms with Crippen LogP contribution in [0.5, 0.6) is 5.75 Å². The van der Waals surface area contributed by atoms with Gasteiger partial charge < -0.3 is 14.6 Å². The zero-order valence-corrected chi connectivity index (χ0v) is 17.2. The van der Waals surface area contributed by atoms with E-state index in [0.29, 0.717) is 5.11 Å². The Hall–Kier alpha value is -3.38. The van der Waals surface area contributed by atoms with Crippen molar-refractivity contribution in [3.8, 4) is 5.75 Å². The number of hydrogen-bond acceptors (Lipinski definition) is 3. The molecule has 0 saturated carbocycles. The van der Waals surface area contributed by atoms with Crippen molar-refractivity contribution >= 4 is 51.0 Å². The van der Waals surface area contributed by atoms with Crippen LogP contribution in [0.1, 0.15) is 12.5 Å². The van der Waals surface area contributed by atoms with Crippen LogP contribution in [0.3, 0.4) is 0 Å². The Morgan fingerprint density at radius 2 is 1.79 bits per heavy atom. The van der Waals surface area contributed by atoms with Crippen LogP contribution in [0.2, 0.25) is 0 Å². The van der Waals surface area contributed by atoms with Gasteiger partial charge in [-0.1, -0.05) is 36.4 Å². The maximum absolute atomic E-state index is 5.32. The molecule has 146 valence electrons. The first-order valence-electron chi connectivity index (χ1n) is 9.45. The Labute approximate surface area is 175 Å². The number of benzene rings is 3. The lowest BCUT2D eigenvalue weighted by Crippen LogP contribution is -2.24. The third-order valence-electron chi connectivity index (χ3n) is 4.85. The molecule has 0 radical (unpaired) electrons. The third-order valence-corrected chi connectivity index (χ3v) is 5.04. The molecule has 1 heterocycles. The second-order valence-electron chi connectivity index (χ2n) is 6.56. The summed E-state index contributed by atoms with van der Waals surface area (Å²) in [5, 5.41) is 10.2. The smallest absolute Gasteiger partial charge is 0.191 e. The largest absolute Gasteiger partial charge is 0.495 e. The van der Waals surface area contributed by atoms with Gasteiger partial charge >= 0.3 is 0 Å². The van der Waals surface area contributed by atoms with Crippen LogP contribution in [0.25, 0.3) is 21.8 Å². The van der Waals surface area contributed by atoms with Gasteiger partial charge in [0.15, 0.2) is 5.11 Å².